The zero-order chi connectivity index (χ0) is 12.7. The van der Waals surface area contributed by atoms with Gasteiger partial charge in [-0.2, -0.15) is 0 Å². The quantitative estimate of drug-likeness (QED) is 0.902. The van der Waals surface area contributed by atoms with Crippen LogP contribution in [0.5, 0.6) is 0 Å². The van der Waals surface area contributed by atoms with Gasteiger partial charge in [-0.05, 0) is 62.4 Å². The molecule has 1 aliphatic rings. The fourth-order valence-corrected chi connectivity index (χ4v) is 2.64. The van der Waals surface area contributed by atoms with Gasteiger partial charge in [0.25, 0.3) is 0 Å². The van der Waals surface area contributed by atoms with Crippen molar-refractivity contribution >= 4 is 22.6 Å². The number of fused-ring (bicyclic) bond motifs is 1. The molecule has 0 aliphatic heterocycles. The van der Waals surface area contributed by atoms with Crippen LogP contribution in [0.1, 0.15) is 29.5 Å². The molecule has 0 spiro atoms. The lowest BCUT2D eigenvalue weighted by molar-refractivity contribution is 0.605. The number of furan rings is 1. The number of halogens is 1. The van der Waals surface area contributed by atoms with Crippen molar-refractivity contribution < 1.29 is 4.42 Å². The average molecular weight is 264 g/mol. The Morgan fingerprint density at radius 3 is 2.89 bits per heavy atom. The third-order valence-electron chi connectivity index (χ3n) is 3.70. The second-order valence-corrected chi connectivity index (χ2v) is 5.62. The molecule has 18 heavy (non-hydrogen) atoms. The largest absolute Gasteiger partial charge is 0.464 e. The van der Waals surface area contributed by atoms with Crippen LogP contribution in [0.2, 0.25) is 5.02 Å². The number of benzene rings is 1. The molecule has 2 aromatic rings. The fourth-order valence-electron chi connectivity index (χ4n) is 2.49. The van der Waals surface area contributed by atoms with Crippen molar-refractivity contribution in [3.63, 3.8) is 0 Å². The summed E-state index contributed by atoms with van der Waals surface area (Å²) in [6.45, 7) is 5.11. The highest BCUT2D eigenvalue weighted by molar-refractivity contribution is 6.33. The third-order valence-corrected chi connectivity index (χ3v) is 4.28. The first-order valence-corrected chi connectivity index (χ1v) is 6.94. The summed E-state index contributed by atoms with van der Waals surface area (Å²) in [6, 6.07) is 2.79. The van der Waals surface area contributed by atoms with E-state index in [2.05, 4.69) is 12.2 Å². The molecule has 1 heterocycles. The van der Waals surface area contributed by atoms with E-state index < -0.39 is 0 Å². The van der Waals surface area contributed by atoms with Crippen molar-refractivity contribution in [1.82, 2.24) is 5.32 Å². The second kappa shape index (κ2) is 4.60. The van der Waals surface area contributed by atoms with Crippen molar-refractivity contribution in [1.29, 1.82) is 0 Å². The lowest BCUT2D eigenvalue weighted by Gasteiger charge is -2.06. The van der Waals surface area contributed by atoms with Gasteiger partial charge in [-0.15, -0.1) is 0 Å². The Kier molecular flexibility index (Phi) is 3.08. The number of rotatable bonds is 4. The summed E-state index contributed by atoms with van der Waals surface area (Å²) in [5, 5.41) is 5.59. The Morgan fingerprint density at radius 1 is 1.39 bits per heavy atom. The van der Waals surface area contributed by atoms with E-state index in [4.69, 9.17) is 16.0 Å². The van der Waals surface area contributed by atoms with Crippen LogP contribution in [-0.2, 0) is 6.42 Å². The van der Waals surface area contributed by atoms with E-state index in [-0.39, 0.29) is 0 Å². The summed E-state index contributed by atoms with van der Waals surface area (Å²) < 4.78 is 5.65. The van der Waals surface area contributed by atoms with Crippen LogP contribution < -0.4 is 5.32 Å². The Labute approximate surface area is 112 Å². The van der Waals surface area contributed by atoms with E-state index in [9.17, 15) is 0 Å². The highest BCUT2D eigenvalue weighted by Gasteiger charge is 2.20. The molecule has 96 valence electrons. The molecule has 0 amide bonds. The summed E-state index contributed by atoms with van der Waals surface area (Å²) in [7, 11) is 0. The topological polar surface area (TPSA) is 25.2 Å². The first kappa shape index (κ1) is 12.1. The van der Waals surface area contributed by atoms with Gasteiger partial charge in [0.15, 0.2) is 0 Å². The maximum atomic E-state index is 6.32. The Morgan fingerprint density at radius 2 is 2.17 bits per heavy atom. The molecule has 1 N–H and O–H groups in total. The maximum absolute atomic E-state index is 6.32. The smallest absolute Gasteiger partial charge is 0.134 e. The minimum absolute atomic E-state index is 0.759. The SMILES string of the molecule is Cc1cc2occ(CCNC3CC3)c2c(C)c1Cl. The van der Waals surface area contributed by atoms with Crippen LogP contribution in [0.4, 0.5) is 0 Å². The van der Waals surface area contributed by atoms with Crippen molar-refractivity contribution in [2.24, 2.45) is 0 Å². The summed E-state index contributed by atoms with van der Waals surface area (Å²) in [6.07, 6.45) is 5.54. The van der Waals surface area contributed by atoms with Crippen LogP contribution in [0.25, 0.3) is 11.0 Å². The molecule has 2 nitrogen and oxygen atoms in total. The Hall–Kier alpha value is -0.990. The number of aryl methyl sites for hydroxylation is 2. The number of hydrogen-bond donors (Lipinski definition) is 1. The molecule has 0 radical (unpaired) electrons. The van der Waals surface area contributed by atoms with Crippen LogP contribution >= 0.6 is 11.6 Å². The molecule has 0 unspecified atom stereocenters. The molecule has 3 rings (SSSR count). The highest BCUT2D eigenvalue weighted by atomic mass is 35.5. The third kappa shape index (κ3) is 2.15. The van der Waals surface area contributed by atoms with Gasteiger partial charge in [-0.1, -0.05) is 11.6 Å². The molecule has 0 bridgehead atoms. The van der Waals surface area contributed by atoms with Crippen LogP contribution in [-0.4, -0.2) is 12.6 Å². The maximum Gasteiger partial charge on any atom is 0.134 e. The van der Waals surface area contributed by atoms with E-state index >= 15 is 0 Å². The van der Waals surface area contributed by atoms with Crippen molar-refractivity contribution in [2.75, 3.05) is 6.54 Å². The van der Waals surface area contributed by atoms with E-state index in [0.717, 1.165) is 40.7 Å². The van der Waals surface area contributed by atoms with Crippen molar-refractivity contribution in [3.8, 4) is 0 Å². The van der Waals surface area contributed by atoms with Gasteiger partial charge in [-0.3, -0.25) is 0 Å². The first-order chi connectivity index (χ1) is 8.66. The molecule has 1 saturated carbocycles. The molecule has 1 fully saturated rings. The molecular formula is C15H18ClNO. The van der Waals surface area contributed by atoms with Crippen LogP contribution in [0.15, 0.2) is 16.7 Å². The van der Waals surface area contributed by atoms with Gasteiger partial charge in [-0.25, -0.2) is 0 Å². The second-order valence-electron chi connectivity index (χ2n) is 5.24. The Bertz CT molecular complexity index is 584. The molecule has 3 heteroatoms. The minimum Gasteiger partial charge on any atom is -0.464 e. The van der Waals surface area contributed by atoms with E-state index in [1.165, 1.54) is 23.8 Å². The highest BCUT2D eigenvalue weighted by Crippen LogP contribution is 2.32. The van der Waals surface area contributed by atoms with Crippen LogP contribution in [0.3, 0.4) is 0 Å². The molecule has 1 aliphatic carbocycles. The lowest BCUT2D eigenvalue weighted by atomic mass is 10.0. The normalized spacial score (nSPS) is 15.5. The summed E-state index contributed by atoms with van der Waals surface area (Å²) in [5.41, 5.74) is 4.44. The summed E-state index contributed by atoms with van der Waals surface area (Å²) in [5.74, 6) is 0. The van der Waals surface area contributed by atoms with E-state index in [1.54, 1.807) is 0 Å². The van der Waals surface area contributed by atoms with E-state index in [0.29, 0.717) is 0 Å². The molecule has 0 saturated heterocycles. The van der Waals surface area contributed by atoms with Crippen LogP contribution in [0, 0.1) is 13.8 Å². The van der Waals surface area contributed by atoms with Gasteiger partial charge >= 0.3 is 0 Å². The first-order valence-electron chi connectivity index (χ1n) is 6.56. The molecule has 1 aromatic heterocycles. The summed E-state index contributed by atoms with van der Waals surface area (Å²) in [4.78, 5) is 0. The Balaban J connectivity index is 1.89. The van der Waals surface area contributed by atoms with E-state index in [1.807, 2.05) is 19.3 Å². The average Bonchev–Trinajstić information content (AvgIpc) is 3.08. The molecular weight excluding hydrogens is 246 g/mol. The number of hydrogen-bond acceptors (Lipinski definition) is 2. The van der Waals surface area contributed by atoms with Crippen molar-refractivity contribution in [3.05, 3.63) is 34.0 Å². The molecule has 0 atom stereocenters. The lowest BCUT2D eigenvalue weighted by Crippen LogP contribution is -2.19. The fraction of sp³-hybridized carbons (Fsp3) is 0.467. The zero-order valence-electron chi connectivity index (χ0n) is 10.8. The predicted molar refractivity (Wildman–Crippen MR) is 75.4 cm³/mol. The van der Waals surface area contributed by atoms with Gasteiger partial charge in [0.05, 0.1) is 6.26 Å². The van der Waals surface area contributed by atoms with Gasteiger partial charge < -0.3 is 9.73 Å². The predicted octanol–water partition coefficient (Wildman–Crippen LogP) is 4.00. The molecule has 1 aromatic carbocycles. The van der Waals surface area contributed by atoms with Gasteiger partial charge in [0.1, 0.15) is 5.58 Å². The van der Waals surface area contributed by atoms with Gasteiger partial charge in [0, 0.05) is 16.5 Å². The van der Waals surface area contributed by atoms with Gasteiger partial charge in [0.2, 0.25) is 0 Å². The monoisotopic (exact) mass is 263 g/mol. The van der Waals surface area contributed by atoms with Crippen molar-refractivity contribution in [2.45, 2.75) is 39.2 Å². The standard InChI is InChI=1S/C15H18ClNO/c1-9-7-13-14(10(2)15(9)16)11(8-18-13)5-6-17-12-3-4-12/h7-8,12,17H,3-6H2,1-2H3. The minimum atomic E-state index is 0.759. The zero-order valence-corrected chi connectivity index (χ0v) is 11.6. The summed E-state index contributed by atoms with van der Waals surface area (Å²) >= 11 is 6.32. The number of nitrogens with one attached hydrogen (secondary N) is 1.